The monoisotopic (exact) mass is 720 g/mol. The molecule has 0 bridgehead atoms. The molecule has 2 fully saturated rings. The third-order valence-electron chi connectivity index (χ3n) is 7.33. The van der Waals surface area contributed by atoms with Gasteiger partial charge in [0.2, 0.25) is 0 Å². The Kier molecular flexibility index (Phi) is 25.6. The van der Waals surface area contributed by atoms with E-state index in [0.717, 1.165) is 57.3 Å². The fourth-order valence-corrected chi connectivity index (χ4v) is 5.66. The quantitative estimate of drug-likeness (QED) is 0.192. The molecule has 1 N–H and O–H groups in total. The molecule has 0 atom stereocenters. The zero-order valence-electron chi connectivity index (χ0n) is 25.5. The Balaban J connectivity index is 0. The first kappa shape index (κ1) is 44.2. The maximum atomic E-state index is 13.5. The van der Waals surface area contributed by atoms with Crippen LogP contribution in [0.15, 0.2) is 40.9 Å². The van der Waals surface area contributed by atoms with Gasteiger partial charge in [0, 0.05) is 17.3 Å². The van der Waals surface area contributed by atoms with E-state index >= 15 is 0 Å². The van der Waals surface area contributed by atoms with Crippen molar-refractivity contribution in [3.05, 3.63) is 74.5 Å². The second-order valence-electron chi connectivity index (χ2n) is 10.8. The Hall–Kier alpha value is 0.0462. The van der Waals surface area contributed by atoms with Crippen LogP contribution in [-0.2, 0) is 10.4 Å². The van der Waals surface area contributed by atoms with Gasteiger partial charge in [-0.05, 0) is 86.3 Å². The van der Waals surface area contributed by atoms with Crippen LogP contribution >= 0.6 is 39.1 Å². The summed E-state index contributed by atoms with van der Waals surface area (Å²) in [7, 11) is 0. The summed E-state index contributed by atoms with van der Waals surface area (Å²) in [5.74, 6) is 1.21. The van der Waals surface area contributed by atoms with Crippen molar-refractivity contribution in [2.45, 2.75) is 110 Å². The molecular weight excluding hydrogens is 677 g/mol. The van der Waals surface area contributed by atoms with E-state index < -0.39 is 17.2 Å². The Morgan fingerprint density at radius 1 is 0.881 bits per heavy atom. The van der Waals surface area contributed by atoms with E-state index in [9.17, 15) is 18.7 Å². The molecule has 0 heterocycles. The molecule has 234 valence electrons. The molecule has 0 unspecified atom stereocenters. The molecule has 0 saturated heterocycles. The predicted octanol–water partition coefficient (Wildman–Crippen LogP) is 8.30. The van der Waals surface area contributed by atoms with Gasteiger partial charge in [-0.15, -0.1) is 0 Å². The van der Waals surface area contributed by atoms with Crippen molar-refractivity contribution in [2.24, 2.45) is 11.8 Å². The first-order valence-corrected chi connectivity index (χ1v) is 16.1. The summed E-state index contributed by atoms with van der Waals surface area (Å²) in [4.78, 5) is 10.8. The predicted molar refractivity (Wildman–Crippen MR) is 175 cm³/mol. The van der Waals surface area contributed by atoms with Crippen LogP contribution in [0.25, 0.3) is 0 Å². The summed E-state index contributed by atoms with van der Waals surface area (Å²) in [6.45, 7) is 8.41. The summed E-state index contributed by atoms with van der Waals surface area (Å²) in [6, 6.07) is 9.16. The second kappa shape index (κ2) is 24.3. The van der Waals surface area contributed by atoms with Crippen molar-refractivity contribution in [3.8, 4) is 0 Å². The van der Waals surface area contributed by atoms with Crippen LogP contribution in [0.5, 0.6) is 0 Å². The molecule has 0 aromatic heterocycles. The Bertz CT molecular complexity index is 1010. The summed E-state index contributed by atoms with van der Waals surface area (Å²) < 4.78 is 26.6. The van der Waals surface area contributed by atoms with Gasteiger partial charge in [-0.2, -0.15) is 13.8 Å². The fourth-order valence-electron chi connectivity index (χ4n) is 5.09. The van der Waals surface area contributed by atoms with Gasteiger partial charge >= 0.3 is 23.1 Å². The Labute approximate surface area is 293 Å². The number of hydrogen-bond acceptors (Lipinski definition) is 2. The van der Waals surface area contributed by atoms with Gasteiger partial charge in [0.1, 0.15) is 17.4 Å². The van der Waals surface area contributed by atoms with Crippen LogP contribution in [0, 0.1) is 29.9 Å². The van der Waals surface area contributed by atoms with E-state index in [1.165, 1.54) is 49.9 Å². The van der Waals surface area contributed by atoms with Gasteiger partial charge in [-0.1, -0.05) is 84.7 Å². The van der Waals surface area contributed by atoms with Gasteiger partial charge in [-0.3, -0.25) is 4.79 Å². The summed E-state index contributed by atoms with van der Waals surface area (Å²) in [5, 5.41) is 10.9. The minimum Gasteiger partial charge on any atom is -1.00 e. The van der Waals surface area contributed by atoms with Gasteiger partial charge in [0.15, 0.2) is 0 Å². The number of Topliss-reactive ketones (excluding diaryl/α,β-unsaturated/α-hetero) is 1. The molecule has 0 spiro atoms. The van der Waals surface area contributed by atoms with Crippen molar-refractivity contribution in [1.29, 1.82) is 0 Å². The van der Waals surface area contributed by atoms with Gasteiger partial charge in [-0.25, -0.2) is 8.78 Å². The van der Waals surface area contributed by atoms with Gasteiger partial charge in [0.05, 0.1) is 15.6 Å². The molecule has 9 heteroatoms. The molecule has 2 aromatic carbocycles. The van der Waals surface area contributed by atoms with Crippen LogP contribution in [0.3, 0.4) is 0 Å². The summed E-state index contributed by atoms with van der Waals surface area (Å²) in [5.41, 5.74) is -0.199. The molecule has 42 heavy (non-hydrogen) atoms. The number of aliphatic hydroxyl groups is 1. The molecule has 4 rings (SSSR count). The molecule has 0 amide bonds. The van der Waals surface area contributed by atoms with Crippen LogP contribution in [0.1, 0.15) is 110 Å². The smallest absolute Gasteiger partial charge is 1.00 e. The van der Waals surface area contributed by atoms with E-state index in [4.69, 9.17) is 23.2 Å². The first-order chi connectivity index (χ1) is 19.0. The van der Waals surface area contributed by atoms with Gasteiger partial charge in [0.25, 0.3) is 0 Å². The number of halogens is 6. The zero-order valence-corrected chi connectivity index (χ0v) is 30.8. The molecule has 0 radical (unpaired) electrons. The molecular formula is C33H46BrCl3F2MgO2. The number of carbonyl (C=O) groups is 1. The molecule has 2 aliphatic carbocycles. The van der Waals surface area contributed by atoms with Crippen molar-refractivity contribution >= 4 is 68.0 Å². The SMILES string of the molecule is CCCC1CCC(=O)CC1.CCCC1CCC(O)(c2ccc(Cl)c(F)c2)CC1.C[CH-]C.Fc1cc(Br)ccc1Cl.[Cl-].[Mg+2]. The minimum absolute atomic E-state index is 0. The van der Waals surface area contributed by atoms with Crippen molar-refractivity contribution < 1.29 is 31.1 Å². The molecule has 2 aromatic rings. The van der Waals surface area contributed by atoms with Crippen molar-refractivity contribution in [3.63, 3.8) is 0 Å². The number of carbonyl (C=O) groups excluding carboxylic acids is 1. The van der Waals surface area contributed by atoms with Crippen LogP contribution in [0.4, 0.5) is 8.78 Å². The molecule has 0 aliphatic heterocycles. The first-order valence-electron chi connectivity index (χ1n) is 14.5. The third kappa shape index (κ3) is 16.9. The number of benzene rings is 2. The van der Waals surface area contributed by atoms with E-state index in [2.05, 4.69) is 29.8 Å². The number of hydrogen-bond donors (Lipinski definition) is 1. The molecule has 2 aliphatic rings. The van der Waals surface area contributed by atoms with Crippen molar-refractivity contribution in [1.82, 2.24) is 0 Å². The second-order valence-corrected chi connectivity index (χ2v) is 12.5. The van der Waals surface area contributed by atoms with E-state index in [1.54, 1.807) is 12.1 Å². The molecule has 2 nitrogen and oxygen atoms in total. The minimum atomic E-state index is -0.865. The maximum Gasteiger partial charge on any atom is 2.00 e. The number of ketones is 1. The summed E-state index contributed by atoms with van der Waals surface area (Å²) >= 11 is 14.2. The van der Waals surface area contributed by atoms with Crippen LogP contribution in [-0.4, -0.2) is 33.9 Å². The van der Waals surface area contributed by atoms with Crippen LogP contribution < -0.4 is 12.4 Å². The van der Waals surface area contributed by atoms with Crippen LogP contribution in [0.2, 0.25) is 10.0 Å². The Morgan fingerprint density at radius 2 is 1.31 bits per heavy atom. The van der Waals surface area contributed by atoms with Crippen molar-refractivity contribution in [2.75, 3.05) is 0 Å². The fraction of sp³-hybridized carbons (Fsp3) is 0.576. The maximum absolute atomic E-state index is 13.5. The topological polar surface area (TPSA) is 37.3 Å². The van der Waals surface area contributed by atoms with Gasteiger partial charge < -0.3 is 23.9 Å². The summed E-state index contributed by atoms with van der Waals surface area (Å²) in [6.07, 6.45) is 14.5. The standard InChI is InChI=1S/C15H20ClFO.C9H16O.C6H3BrClF.C3H7.ClH.Mg/c1-2-3-11-6-8-15(18,9-7-11)12-4-5-13(16)14(17)10-12;1-2-3-8-4-6-9(10)7-5-8;7-4-1-2-5(8)6(9)3-4;1-3-2;;/h4-5,10-11,18H,2-3,6-9H2,1H3;8H,2-7H2,1H3;1-3H;3H,1-2H3;1H;/q;;;-1;;+2/p-1. The average Bonchev–Trinajstić information content (AvgIpc) is 2.92. The van der Waals surface area contributed by atoms with E-state index in [-0.39, 0.29) is 45.5 Å². The average molecular weight is 723 g/mol. The Morgan fingerprint density at radius 3 is 1.71 bits per heavy atom. The zero-order chi connectivity index (χ0) is 30.1. The largest absolute Gasteiger partial charge is 2.00 e. The van der Waals surface area contributed by atoms with E-state index in [1.807, 2.05) is 20.3 Å². The van der Waals surface area contributed by atoms with E-state index in [0.29, 0.717) is 21.7 Å². The third-order valence-corrected chi connectivity index (χ3v) is 8.43. The normalized spacial score (nSPS) is 19.8. The number of rotatable bonds is 5. The molecule has 2 saturated carbocycles.